The van der Waals surface area contributed by atoms with E-state index in [-0.39, 0.29) is 6.10 Å². The van der Waals surface area contributed by atoms with Gasteiger partial charge in [-0.05, 0) is 24.6 Å². The number of nitrogens with one attached hydrogen (secondary N) is 1. The molecule has 1 aromatic rings. The molecule has 0 bridgehead atoms. The summed E-state index contributed by atoms with van der Waals surface area (Å²) in [4.78, 5) is 0. The maximum absolute atomic E-state index is 5.82. The number of nitrogen functional groups attached to an aromatic ring is 1. The van der Waals surface area contributed by atoms with Crippen molar-refractivity contribution in [2.45, 2.75) is 13.0 Å². The molecule has 0 aromatic heterocycles. The van der Waals surface area contributed by atoms with Crippen molar-refractivity contribution < 1.29 is 9.47 Å². The maximum Gasteiger partial charge on any atom is 0.0976 e. The summed E-state index contributed by atoms with van der Waals surface area (Å²) in [5, 5.41) is 3.30. The highest BCUT2D eigenvalue weighted by Gasteiger charge is 2.07. The van der Waals surface area contributed by atoms with Crippen LogP contribution in [0.5, 0.6) is 0 Å². The van der Waals surface area contributed by atoms with E-state index < -0.39 is 0 Å². The lowest BCUT2D eigenvalue weighted by atomic mass is 10.1. The molecule has 4 heteroatoms. The number of hydrogen-bond acceptors (Lipinski definition) is 4. The fourth-order valence-corrected chi connectivity index (χ4v) is 1.47. The topological polar surface area (TPSA) is 56.5 Å². The second kappa shape index (κ2) is 6.35. The molecule has 90 valence electrons. The van der Waals surface area contributed by atoms with Crippen molar-refractivity contribution in [1.29, 1.82) is 0 Å². The SMILES string of the molecule is COCC(CNc1cccc(N)c1C)OC. The third kappa shape index (κ3) is 3.40. The van der Waals surface area contributed by atoms with Gasteiger partial charge in [-0.25, -0.2) is 0 Å². The average Bonchev–Trinajstić information content (AvgIpc) is 2.29. The molecule has 0 amide bonds. The fraction of sp³-hybridized carbons (Fsp3) is 0.500. The first kappa shape index (κ1) is 12.8. The fourth-order valence-electron chi connectivity index (χ4n) is 1.47. The number of anilines is 2. The third-order valence-corrected chi connectivity index (χ3v) is 2.58. The molecule has 1 atom stereocenters. The minimum atomic E-state index is 0.0471. The summed E-state index contributed by atoms with van der Waals surface area (Å²) in [7, 11) is 3.34. The summed E-state index contributed by atoms with van der Waals surface area (Å²) in [5.41, 5.74) is 8.72. The van der Waals surface area contributed by atoms with Crippen LogP contribution in [0.4, 0.5) is 11.4 Å². The Hall–Kier alpha value is -1.26. The molecule has 0 radical (unpaired) electrons. The van der Waals surface area contributed by atoms with Crippen LogP contribution in [0.2, 0.25) is 0 Å². The Balaban J connectivity index is 2.56. The highest BCUT2D eigenvalue weighted by atomic mass is 16.5. The van der Waals surface area contributed by atoms with Crippen molar-refractivity contribution in [1.82, 2.24) is 0 Å². The smallest absolute Gasteiger partial charge is 0.0976 e. The van der Waals surface area contributed by atoms with E-state index in [0.717, 1.165) is 16.9 Å². The zero-order valence-corrected chi connectivity index (χ0v) is 10.1. The molecule has 1 unspecified atom stereocenters. The molecule has 1 rings (SSSR count). The Morgan fingerprint density at radius 2 is 2.12 bits per heavy atom. The first-order valence-electron chi connectivity index (χ1n) is 5.29. The van der Waals surface area contributed by atoms with Crippen LogP contribution < -0.4 is 11.1 Å². The zero-order valence-electron chi connectivity index (χ0n) is 10.1. The van der Waals surface area contributed by atoms with Crippen LogP contribution in [0.1, 0.15) is 5.56 Å². The Bertz CT molecular complexity index is 329. The van der Waals surface area contributed by atoms with Crippen LogP contribution in [0.3, 0.4) is 0 Å². The Labute approximate surface area is 96.7 Å². The minimum absolute atomic E-state index is 0.0471. The van der Waals surface area contributed by atoms with Gasteiger partial charge in [-0.15, -0.1) is 0 Å². The van der Waals surface area contributed by atoms with Crippen LogP contribution in [0, 0.1) is 6.92 Å². The van der Waals surface area contributed by atoms with E-state index in [4.69, 9.17) is 15.2 Å². The van der Waals surface area contributed by atoms with E-state index >= 15 is 0 Å². The van der Waals surface area contributed by atoms with Crippen molar-refractivity contribution in [3.8, 4) is 0 Å². The molecule has 0 fully saturated rings. The van der Waals surface area contributed by atoms with Crippen molar-refractivity contribution >= 4 is 11.4 Å². The molecular weight excluding hydrogens is 204 g/mol. The molecular formula is C12H20N2O2. The van der Waals surface area contributed by atoms with Gasteiger partial charge in [0.2, 0.25) is 0 Å². The molecule has 0 aliphatic heterocycles. The largest absolute Gasteiger partial charge is 0.398 e. The molecule has 0 aliphatic carbocycles. The van der Waals surface area contributed by atoms with Gasteiger partial charge in [0, 0.05) is 32.1 Å². The van der Waals surface area contributed by atoms with Gasteiger partial charge in [0.15, 0.2) is 0 Å². The molecule has 16 heavy (non-hydrogen) atoms. The quantitative estimate of drug-likeness (QED) is 0.721. The highest BCUT2D eigenvalue weighted by molar-refractivity contribution is 5.62. The maximum atomic E-state index is 5.82. The van der Waals surface area contributed by atoms with Gasteiger partial charge in [-0.2, -0.15) is 0 Å². The molecule has 0 spiro atoms. The lowest BCUT2D eigenvalue weighted by Crippen LogP contribution is -2.26. The van der Waals surface area contributed by atoms with E-state index in [1.165, 1.54) is 0 Å². The van der Waals surface area contributed by atoms with Crippen LogP contribution in [-0.4, -0.2) is 33.5 Å². The highest BCUT2D eigenvalue weighted by Crippen LogP contribution is 2.20. The predicted octanol–water partition coefficient (Wildman–Crippen LogP) is 1.65. The summed E-state index contributed by atoms with van der Waals surface area (Å²) in [6.07, 6.45) is 0.0471. The standard InChI is InChI=1S/C12H20N2O2/c1-9-11(13)5-4-6-12(9)14-7-10(16-3)8-15-2/h4-6,10,14H,7-8,13H2,1-3H3. The van der Waals surface area contributed by atoms with Crippen LogP contribution in [0.25, 0.3) is 0 Å². The van der Waals surface area contributed by atoms with E-state index in [2.05, 4.69) is 5.32 Å². The summed E-state index contributed by atoms with van der Waals surface area (Å²) in [5.74, 6) is 0. The Kier molecular flexibility index (Phi) is 5.08. The van der Waals surface area contributed by atoms with Gasteiger partial charge in [0.25, 0.3) is 0 Å². The minimum Gasteiger partial charge on any atom is -0.398 e. The lowest BCUT2D eigenvalue weighted by molar-refractivity contribution is 0.0365. The van der Waals surface area contributed by atoms with Gasteiger partial charge in [-0.1, -0.05) is 6.07 Å². The van der Waals surface area contributed by atoms with E-state index in [9.17, 15) is 0 Å². The molecule has 0 heterocycles. The van der Waals surface area contributed by atoms with Gasteiger partial charge >= 0.3 is 0 Å². The van der Waals surface area contributed by atoms with E-state index in [0.29, 0.717) is 13.2 Å². The summed E-state index contributed by atoms with van der Waals surface area (Å²) >= 11 is 0. The van der Waals surface area contributed by atoms with Gasteiger partial charge in [0.05, 0.1) is 12.7 Å². The second-order valence-electron chi connectivity index (χ2n) is 3.71. The number of nitrogens with two attached hydrogens (primary N) is 1. The molecule has 0 aliphatic rings. The second-order valence-corrected chi connectivity index (χ2v) is 3.71. The van der Waals surface area contributed by atoms with Gasteiger partial charge < -0.3 is 20.5 Å². The summed E-state index contributed by atoms with van der Waals surface area (Å²) in [6, 6.07) is 5.83. The normalized spacial score (nSPS) is 12.4. The van der Waals surface area contributed by atoms with Gasteiger partial charge in [0.1, 0.15) is 0 Å². The number of rotatable bonds is 6. The number of methoxy groups -OCH3 is 2. The molecule has 0 saturated carbocycles. The Morgan fingerprint density at radius 3 is 2.75 bits per heavy atom. The predicted molar refractivity (Wildman–Crippen MR) is 66.8 cm³/mol. The average molecular weight is 224 g/mol. The first-order valence-corrected chi connectivity index (χ1v) is 5.29. The summed E-state index contributed by atoms with van der Waals surface area (Å²) in [6.45, 7) is 3.27. The van der Waals surface area contributed by atoms with Crippen molar-refractivity contribution in [2.24, 2.45) is 0 Å². The van der Waals surface area contributed by atoms with Crippen molar-refractivity contribution in [3.63, 3.8) is 0 Å². The van der Waals surface area contributed by atoms with Crippen LogP contribution in [-0.2, 0) is 9.47 Å². The van der Waals surface area contributed by atoms with Crippen LogP contribution in [0.15, 0.2) is 18.2 Å². The molecule has 4 nitrogen and oxygen atoms in total. The number of ether oxygens (including phenoxy) is 2. The van der Waals surface area contributed by atoms with Gasteiger partial charge in [-0.3, -0.25) is 0 Å². The molecule has 1 aromatic carbocycles. The summed E-state index contributed by atoms with van der Waals surface area (Å²) < 4.78 is 10.3. The monoisotopic (exact) mass is 224 g/mol. The lowest BCUT2D eigenvalue weighted by Gasteiger charge is -2.17. The molecule has 3 N–H and O–H groups in total. The Morgan fingerprint density at radius 1 is 1.38 bits per heavy atom. The zero-order chi connectivity index (χ0) is 12.0. The van der Waals surface area contributed by atoms with Crippen molar-refractivity contribution in [3.05, 3.63) is 23.8 Å². The third-order valence-electron chi connectivity index (χ3n) is 2.58. The molecule has 0 saturated heterocycles. The van der Waals surface area contributed by atoms with E-state index in [1.807, 2.05) is 25.1 Å². The van der Waals surface area contributed by atoms with Crippen LogP contribution >= 0.6 is 0 Å². The number of benzene rings is 1. The van der Waals surface area contributed by atoms with Crippen molar-refractivity contribution in [2.75, 3.05) is 38.4 Å². The number of hydrogen-bond donors (Lipinski definition) is 2. The first-order chi connectivity index (χ1) is 7.69. The van der Waals surface area contributed by atoms with E-state index in [1.54, 1.807) is 14.2 Å².